The van der Waals surface area contributed by atoms with Crippen molar-refractivity contribution in [2.24, 2.45) is 34.5 Å². The molecule has 6 atom stereocenters. The summed E-state index contributed by atoms with van der Waals surface area (Å²) >= 11 is 0. The molecule has 0 bridgehead atoms. The van der Waals surface area contributed by atoms with Crippen molar-refractivity contribution >= 4 is 5.57 Å². The molecule has 1 heteroatoms. The quantitative estimate of drug-likeness (QED) is 0.514. The maximum absolute atomic E-state index is 4.51. The average Bonchev–Trinajstić information content (AvgIpc) is 2.88. The molecule has 3 saturated carbocycles. The third kappa shape index (κ3) is 2.67. The molecular formula is C26H37N. The van der Waals surface area contributed by atoms with Crippen LogP contribution >= 0.6 is 0 Å². The molecule has 3 fully saturated rings. The number of pyridine rings is 1. The molecule has 0 amide bonds. The van der Waals surface area contributed by atoms with Crippen LogP contribution in [0.3, 0.4) is 0 Å². The molecule has 4 aliphatic carbocycles. The molecule has 146 valence electrons. The van der Waals surface area contributed by atoms with Crippen molar-refractivity contribution in [3.63, 3.8) is 0 Å². The zero-order valence-electron chi connectivity index (χ0n) is 17.6. The van der Waals surface area contributed by atoms with Gasteiger partial charge in [-0.2, -0.15) is 0 Å². The molecule has 1 aromatic heterocycles. The van der Waals surface area contributed by atoms with Gasteiger partial charge in [-0.05, 0) is 109 Å². The van der Waals surface area contributed by atoms with Crippen LogP contribution in [0, 0.1) is 41.4 Å². The van der Waals surface area contributed by atoms with Gasteiger partial charge in [-0.3, -0.25) is 4.98 Å². The molecule has 0 aliphatic heterocycles. The van der Waals surface area contributed by atoms with Crippen LogP contribution in [0.4, 0.5) is 0 Å². The molecule has 0 radical (unpaired) electrons. The Hall–Kier alpha value is -1.11. The van der Waals surface area contributed by atoms with E-state index >= 15 is 0 Å². The number of nitrogens with zero attached hydrogens (tertiary/aromatic N) is 1. The fraction of sp³-hybridized carbons (Fsp3) is 0.731. The van der Waals surface area contributed by atoms with E-state index in [9.17, 15) is 0 Å². The molecule has 0 N–H and O–H groups in total. The molecule has 27 heavy (non-hydrogen) atoms. The van der Waals surface area contributed by atoms with E-state index in [-0.39, 0.29) is 0 Å². The Bertz CT molecular complexity index is 748. The molecule has 4 aliphatic rings. The van der Waals surface area contributed by atoms with Crippen molar-refractivity contribution in [3.05, 3.63) is 35.7 Å². The third-order valence-corrected chi connectivity index (χ3v) is 9.60. The molecule has 1 heterocycles. The standard InChI is InChI=1S/C26H37N/c1-18-15-19(17-27-16-18)22-10-11-23-21-9-8-20-7-5-4-6-13-25(20,2)24(21)12-14-26(22,23)3/h10,15-17,20-21,23-24H,4-9,11-14H2,1-3H3. The van der Waals surface area contributed by atoms with Crippen LogP contribution < -0.4 is 0 Å². The van der Waals surface area contributed by atoms with Crippen LogP contribution in [0.1, 0.15) is 89.2 Å². The minimum Gasteiger partial charge on any atom is -0.264 e. The van der Waals surface area contributed by atoms with Crippen molar-refractivity contribution < 1.29 is 0 Å². The zero-order valence-corrected chi connectivity index (χ0v) is 17.6. The summed E-state index contributed by atoms with van der Waals surface area (Å²) in [6.45, 7) is 7.48. The Balaban J connectivity index is 1.45. The monoisotopic (exact) mass is 363 g/mol. The van der Waals surface area contributed by atoms with E-state index in [1.54, 1.807) is 5.57 Å². The Morgan fingerprint density at radius 3 is 2.67 bits per heavy atom. The van der Waals surface area contributed by atoms with E-state index in [4.69, 9.17) is 0 Å². The van der Waals surface area contributed by atoms with Crippen LogP contribution in [-0.2, 0) is 0 Å². The highest BCUT2D eigenvalue weighted by Crippen LogP contribution is 2.67. The normalized spacial score (nSPS) is 43.9. The fourth-order valence-electron chi connectivity index (χ4n) is 8.19. The van der Waals surface area contributed by atoms with Crippen LogP contribution in [0.15, 0.2) is 24.5 Å². The van der Waals surface area contributed by atoms with Crippen molar-refractivity contribution in [1.29, 1.82) is 0 Å². The Kier molecular flexibility index (Phi) is 4.30. The highest BCUT2D eigenvalue weighted by atomic mass is 14.6. The van der Waals surface area contributed by atoms with Crippen LogP contribution in [0.25, 0.3) is 5.57 Å². The summed E-state index contributed by atoms with van der Waals surface area (Å²) in [7, 11) is 0. The highest BCUT2D eigenvalue weighted by Gasteiger charge is 2.57. The van der Waals surface area contributed by atoms with Gasteiger partial charge in [0, 0.05) is 12.4 Å². The second-order valence-corrected chi connectivity index (χ2v) is 10.8. The predicted molar refractivity (Wildman–Crippen MR) is 113 cm³/mol. The van der Waals surface area contributed by atoms with Gasteiger partial charge in [0.05, 0.1) is 0 Å². The van der Waals surface area contributed by atoms with E-state index in [0.29, 0.717) is 10.8 Å². The van der Waals surface area contributed by atoms with E-state index in [1.807, 2.05) is 6.20 Å². The first-order chi connectivity index (χ1) is 13.0. The van der Waals surface area contributed by atoms with E-state index < -0.39 is 0 Å². The summed E-state index contributed by atoms with van der Waals surface area (Å²) in [6.07, 6.45) is 21.3. The van der Waals surface area contributed by atoms with Crippen LogP contribution in [0.5, 0.6) is 0 Å². The van der Waals surface area contributed by atoms with E-state index in [1.165, 1.54) is 75.3 Å². The molecule has 5 rings (SSSR count). The minimum atomic E-state index is 0.380. The number of fused-ring (bicyclic) bond motifs is 5. The largest absolute Gasteiger partial charge is 0.264 e. The second kappa shape index (κ2) is 6.46. The molecule has 0 saturated heterocycles. The van der Waals surface area contributed by atoms with E-state index in [0.717, 1.165) is 23.7 Å². The van der Waals surface area contributed by atoms with Gasteiger partial charge in [0.25, 0.3) is 0 Å². The highest BCUT2D eigenvalue weighted by molar-refractivity contribution is 5.72. The first-order valence-electron chi connectivity index (χ1n) is 11.6. The number of rotatable bonds is 1. The first-order valence-corrected chi connectivity index (χ1v) is 11.6. The third-order valence-electron chi connectivity index (χ3n) is 9.60. The summed E-state index contributed by atoms with van der Waals surface area (Å²) in [6, 6.07) is 2.36. The van der Waals surface area contributed by atoms with E-state index in [2.05, 4.69) is 44.1 Å². The smallest absolute Gasteiger partial charge is 0.0343 e. The van der Waals surface area contributed by atoms with Crippen molar-refractivity contribution in [2.75, 3.05) is 0 Å². The lowest BCUT2D eigenvalue weighted by Gasteiger charge is -2.59. The number of hydrogen-bond donors (Lipinski definition) is 0. The minimum absolute atomic E-state index is 0.380. The zero-order chi connectivity index (χ0) is 18.6. The van der Waals surface area contributed by atoms with Gasteiger partial charge in [0.15, 0.2) is 0 Å². The average molecular weight is 364 g/mol. The molecule has 0 spiro atoms. The lowest BCUT2D eigenvalue weighted by molar-refractivity contribution is -0.0808. The molecule has 1 aromatic rings. The fourth-order valence-corrected chi connectivity index (χ4v) is 8.19. The SMILES string of the molecule is Cc1cncc(C2=CCC3C4CCC5CCCCCC5(C)C4CCC23C)c1. The summed E-state index contributed by atoms with van der Waals surface area (Å²) in [5, 5.41) is 0. The Labute approximate surface area is 166 Å². The Morgan fingerprint density at radius 2 is 1.81 bits per heavy atom. The Morgan fingerprint density at radius 1 is 0.926 bits per heavy atom. The van der Waals surface area contributed by atoms with Crippen LogP contribution in [0.2, 0.25) is 0 Å². The number of aromatic nitrogens is 1. The maximum Gasteiger partial charge on any atom is 0.0343 e. The van der Waals surface area contributed by atoms with Gasteiger partial charge in [-0.25, -0.2) is 0 Å². The molecule has 0 aromatic carbocycles. The van der Waals surface area contributed by atoms with Crippen molar-refractivity contribution in [2.45, 2.75) is 85.0 Å². The van der Waals surface area contributed by atoms with Crippen LogP contribution in [-0.4, -0.2) is 4.98 Å². The number of aryl methyl sites for hydroxylation is 1. The summed E-state index contributed by atoms with van der Waals surface area (Å²) < 4.78 is 0. The van der Waals surface area contributed by atoms with Gasteiger partial charge in [0.2, 0.25) is 0 Å². The summed E-state index contributed by atoms with van der Waals surface area (Å²) in [4.78, 5) is 4.51. The number of allylic oxidation sites excluding steroid dienone is 2. The molecular weight excluding hydrogens is 326 g/mol. The van der Waals surface area contributed by atoms with Gasteiger partial charge in [0.1, 0.15) is 0 Å². The summed E-state index contributed by atoms with van der Waals surface area (Å²) in [5.41, 5.74) is 5.32. The van der Waals surface area contributed by atoms with Gasteiger partial charge < -0.3 is 0 Å². The number of hydrogen-bond acceptors (Lipinski definition) is 1. The first kappa shape index (κ1) is 18.0. The lowest BCUT2D eigenvalue weighted by atomic mass is 9.46. The van der Waals surface area contributed by atoms with Crippen molar-refractivity contribution in [3.8, 4) is 0 Å². The second-order valence-electron chi connectivity index (χ2n) is 10.8. The topological polar surface area (TPSA) is 12.9 Å². The van der Waals surface area contributed by atoms with Crippen molar-refractivity contribution in [1.82, 2.24) is 4.98 Å². The lowest BCUT2D eigenvalue weighted by Crippen LogP contribution is -2.51. The van der Waals surface area contributed by atoms with Gasteiger partial charge >= 0.3 is 0 Å². The maximum atomic E-state index is 4.51. The molecule has 6 unspecified atom stereocenters. The predicted octanol–water partition coefficient (Wildman–Crippen LogP) is 7.21. The van der Waals surface area contributed by atoms with Gasteiger partial charge in [-0.15, -0.1) is 0 Å². The summed E-state index contributed by atoms with van der Waals surface area (Å²) in [5.74, 6) is 3.82. The van der Waals surface area contributed by atoms with Gasteiger partial charge in [-0.1, -0.05) is 39.2 Å². The molecule has 1 nitrogen and oxygen atoms in total.